The first-order valence-corrected chi connectivity index (χ1v) is 7.68. The van der Waals surface area contributed by atoms with Gasteiger partial charge in [0.05, 0.1) is 13.7 Å². The Hall–Kier alpha value is -1.25. The molecule has 23 heavy (non-hydrogen) atoms. The van der Waals surface area contributed by atoms with Crippen molar-refractivity contribution >= 4 is 35.9 Å². The number of carbonyl (C=O) groups is 1. The fourth-order valence-corrected chi connectivity index (χ4v) is 2.82. The van der Waals surface area contributed by atoms with Crippen molar-refractivity contribution < 1.29 is 13.9 Å². The molecule has 0 spiro atoms. The molecule has 1 N–H and O–H groups in total. The predicted octanol–water partition coefficient (Wildman–Crippen LogP) is 2.80. The molecule has 6 nitrogen and oxygen atoms in total. The van der Waals surface area contributed by atoms with Crippen molar-refractivity contribution in [2.24, 2.45) is 10.9 Å². The van der Waals surface area contributed by atoms with Crippen LogP contribution in [0.1, 0.15) is 41.6 Å². The van der Waals surface area contributed by atoms with E-state index in [4.69, 9.17) is 9.15 Å². The fourth-order valence-electron chi connectivity index (χ4n) is 2.82. The van der Waals surface area contributed by atoms with Crippen LogP contribution in [0.15, 0.2) is 15.5 Å². The van der Waals surface area contributed by atoms with Crippen LogP contribution in [-0.4, -0.2) is 44.1 Å². The normalized spacial score (nSPS) is 18.3. The highest BCUT2D eigenvalue weighted by molar-refractivity contribution is 14.0. The van der Waals surface area contributed by atoms with E-state index in [2.05, 4.69) is 22.1 Å². The molecule has 1 atom stereocenters. The van der Waals surface area contributed by atoms with Gasteiger partial charge < -0.3 is 19.4 Å². The molecule has 0 aromatic carbocycles. The van der Waals surface area contributed by atoms with Gasteiger partial charge in [-0.25, -0.2) is 4.79 Å². The van der Waals surface area contributed by atoms with Gasteiger partial charge in [-0.15, -0.1) is 24.0 Å². The second-order valence-corrected chi connectivity index (χ2v) is 5.77. The molecule has 1 aromatic heterocycles. The summed E-state index contributed by atoms with van der Waals surface area (Å²) in [5.74, 6) is 2.46. The molecule has 1 aliphatic rings. The SMILES string of the molecule is CN=C(NCc1cc(C(=O)OC)c(C)o1)N1CCCC(C)C1.I. The van der Waals surface area contributed by atoms with Gasteiger partial charge in [0.15, 0.2) is 5.96 Å². The molecule has 0 saturated carbocycles. The van der Waals surface area contributed by atoms with Crippen LogP contribution in [0.5, 0.6) is 0 Å². The predicted molar refractivity (Wildman–Crippen MR) is 100 cm³/mol. The van der Waals surface area contributed by atoms with Crippen molar-refractivity contribution in [3.05, 3.63) is 23.2 Å². The Morgan fingerprint density at radius 2 is 2.30 bits per heavy atom. The van der Waals surface area contributed by atoms with E-state index in [1.54, 1.807) is 20.0 Å². The van der Waals surface area contributed by atoms with Gasteiger partial charge in [0.2, 0.25) is 0 Å². The summed E-state index contributed by atoms with van der Waals surface area (Å²) in [5.41, 5.74) is 0.473. The van der Waals surface area contributed by atoms with Gasteiger partial charge >= 0.3 is 5.97 Å². The lowest BCUT2D eigenvalue weighted by atomic mass is 10.0. The van der Waals surface area contributed by atoms with Crippen LogP contribution in [0, 0.1) is 12.8 Å². The Morgan fingerprint density at radius 1 is 1.57 bits per heavy atom. The summed E-state index contributed by atoms with van der Waals surface area (Å²) in [7, 11) is 3.15. The van der Waals surface area contributed by atoms with Gasteiger partial charge in [-0.3, -0.25) is 4.99 Å². The number of hydrogen-bond donors (Lipinski definition) is 1. The minimum atomic E-state index is -0.373. The first-order chi connectivity index (χ1) is 10.5. The van der Waals surface area contributed by atoms with Crippen LogP contribution in [0.3, 0.4) is 0 Å². The molecule has 1 aromatic rings. The number of esters is 1. The standard InChI is InChI=1S/C16H25N3O3.HI/c1-11-6-5-7-19(10-11)16(17-3)18-9-13-8-14(12(2)22-13)15(20)21-4;/h8,11H,5-7,9-10H2,1-4H3,(H,17,18);1H. The maximum atomic E-state index is 11.6. The zero-order valence-corrected chi connectivity index (χ0v) is 16.5. The summed E-state index contributed by atoms with van der Waals surface area (Å²) in [6.45, 7) is 6.56. The molecule has 130 valence electrons. The Kier molecular flexibility index (Phi) is 7.87. The molecule has 0 radical (unpaired) electrons. The molecule has 2 rings (SSSR count). The average Bonchev–Trinajstić information content (AvgIpc) is 2.88. The number of nitrogens with one attached hydrogen (secondary N) is 1. The van der Waals surface area contributed by atoms with Crippen LogP contribution in [0.2, 0.25) is 0 Å². The van der Waals surface area contributed by atoms with Crippen LogP contribution >= 0.6 is 24.0 Å². The molecule has 1 aliphatic heterocycles. The summed E-state index contributed by atoms with van der Waals surface area (Å²) in [4.78, 5) is 18.2. The number of rotatable bonds is 3. The molecule has 7 heteroatoms. The third-order valence-corrected chi connectivity index (χ3v) is 3.96. The highest BCUT2D eigenvalue weighted by atomic mass is 127. The number of halogens is 1. The Bertz CT molecular complexity index is 557. The van der Waals surface area contributed by atoms with Crippen molar-refractivity contribution in [2.45, 2.75) is 33.2 Å². The zero-order valence-electron chi connectivity index (χ0n) is 14.2. The van der Waals surface area contributed by atoms with Crippen LogP contribution in [-0.2, 0) is 11.3 Å². The van der Waals surface area contributed by atoms with Gasteiger partial charge in [-0.05, 0) is 31.7 Å². The Morgan fingerprint density at radius 3 is 2.91 bits per heavy atom. The van der Waals surface area contributed by atoms with E-state index in [0.29, 0.717) is 29.5 Å². The summed E-state index contributed by atoms with van der Waals surface area (Å²) < 4.78 is 10.3. The Labute approximate surface area is 154 Å². The molecular formula is C16H26IN3O3. The molecule has 1 unspecified atom stereocenters. The van der Waals surface area contributed by atoms with E-state index in [9.17, 15) is 4.79 Å². The zero-order chi connectivity index (χ0) is 16.1. The van der Waals surface area contributed by atoms with Gasteiger partial charge in [0, 0.05) is 20.1 Å². The van der Waals surface area contributed by atoms with Crippen molar-refractivity contribution in [3.63, 3.8) is 0 Å². The lowest BCUT2D eigenvalue weighted by molar-refractivity contribution is 0.0599. The van der Waals surface area contributed by atoms with E-state index in [1.807, 2.05) is 0 Å². The van der Waals surface area contributed by atoms with Crippen molar-refractivity contribution in [2.75, 3.05) is 27.2 Å². The van der Waals surface area contributed by atoms with Crippen LogP contribution in [0.25, 0.3) is 0 Å². The third-order valence-electron chi connectivity index (χ3n) is 3.96. The second kappa shape index (κ2) is 9.14. The lowest BCUT2D eigenvalue weighted by Gasteiger charge is -2.33. The largest absolute Gasteiger partial charge is 0.465 e. The van der Waals surface area contributed by atoms with E-state index in [-0.39, 0.29) is 29.9 Å². The number of likely N-dealkylation sites (tertiary alicyclic amines) is 1. The van der Waals surface area contributed by atoms with E-state index in [0.717, 1.165) is 19.0 Å². The number of piperidine rings is 1. The number of ether oxygens (including phenoxy) is 1. The quantitative estimate of drug-likeness (QED) is 0.342. The first-order valence-electron chi connectivity index (χ1n) is 7.68. The smallest absolute Gasteiger partial charge is 0.341 e. The number of furan rings is 1. The van der Waals surface area contributed by atoms with E-state index < -0.39 is 0 Å². The number of aryl methyl sites for hydroxylation is 1. The average molecular weight is 435 g/mol. The van der Waals surface area contributed by atoms with Crippen molar-refractivity contribution in [3.8, 4) is 0 Å². The third kappa shape index (κ3) is 5.12. The van der Waals surface area contributed by atoms with Gasteiger partial charge in [-0.2, -0.15) is 0 Å². The van der Waals surface area contributed by atoms with Gasteiger partial charge in [0.25, 0.3) is 0 Å². The molecule has 1 saturated heterocycles. The minimum Gasteiger partial charge on any atom is -0.465 e. The molecule has 1 fully saturated rings. The summed E-state index contributed by atoms with van der Waals surface area (Å²) in [6, 6.07) is 1.72. The number of guanidine groups is 1. The number of nitrogens with zero attached hydrogens (tertiary/aromatic N) is 2. The van der Waals surface area contributed by atoms with Crippen LogP contribution in [0.4, 0.5) is 0 Å². The molecule has 0 bridgehead atoms. The highest BCUT2D eigenvalue weighted by Gasteiger charge is 2.20. The number of hydrogen-bond acceptors (Lipinski definition) is 4. The Balaban J connectivity index is 0.00000264. The van der Waals surface area contributed by atoms with Crippen molar-refractivity contribution in [1.82, 2.24) is 10.2 Å². The first kappa shape index (κ1) is 19.8. The van der Waals surface area contributed by atoms with E-state index in [1.165, 1.54) is 20.0 Å². The minimum absolute atomic E-state index is 0. The molecule has 0 amide bonds. The molecule has 2 heterocycles. The molecular weight excluding hydrogens is 409 g/mol. The monoisotopic (exact) mass is 435 g/mol. The van der Waals surface area contributed by atoms with Crippen LogP contribution < -0.4 is 5.32 Å². The molecule has 0 aliphatic carbocycles. The van der Waals surface area contributed by atoms with Gasteiger partial charge in [-0.1, -0.05) is 6.92 Å². The maximum Gasteiger partial charge on any atom is 0.341 e. The van der Waals surface area contributed by atoms with Crippen molar-refractivity contribution in [1.29, 1.82) is 0 Å². The summed E-state index contributed by atoms with van der Waals surface area (Å²) in [6.07, 6.45) is 2.46. The maximum absolute atomic E-state index is 11.6. The number of carbonyl (C=O) groups excluding carboxylic acids is 1. The summed E-state index contributed by atoms with van der Waals surface area (Å²) >= 11 is 0. The van der Waals surface area contributed by atoms with E-state index >= 15 is 0 Å². The fraction of sp³-hybridized carbons (Fsp3) is 0.625. The topological polar surface area (TPSA) is 67.1 Å². The lowest BCUT2D eigenvalue weighted by Crippen LogP contribution is -2.45. The highest BCUT2D eigenvalue weighted by Crippen LogP contribution is 2.17. The summed E-state index contributed by atoms with van der Waals surface area (Å²) in [5, 5.41) is 3.30. The number of methoxy groups -OCH3 is 1. The van der Waals surface area contributed by atoms with Gasteiger partial charge in [0.1, 0.15) is 17.1 Å². The second-order valence-electron chi connectivity index (χ2n) is 5.77. The number of aliphatic imine (C=N–C) groups is 1.